The van der Waals surface area contributed by atoms with E-state index >= 15 is 0 Å². The number of methoxy groups -OCH3 is 1. The lowest BCUT2D eigenvalue weighted by molar-refractivity contribution is -0.274. The second-order valence-electron chi connectivity index (χ2n) is 6.38. The molecule has 3 aromatic rings. The van der Waals surface area contributed by atoms with Gasteiger partial charge in [0.1, 0.15) is 18.0 Å². The molecule has 0 unspecified atom stereocenters. The highest BCUT2D eigenvalue weighted by atomic mass is 19.4. The first-order valence-corrected chi connectivity index (χ1v) is 9.08. The highest BCUT2D eigenvalue weighted by Crippen LogP contribution is 2.26. The lowest BCUT2D eigenvalue weighted by Gasteiger charge is -2.14. The Morgan fingerprint density at radius 1 is 1.10 bits per heavy atom. The van der Waals surface area contributed by atoms with E-state index in [0.717, 1.165) is 10.7 Å². The highest BCUT2D eigenvalue weighted by Gasteiger charge is 2.32. The lowest BCUT2D eigenvalue weighted by Crippen LogP contribution is -2.33. The van der Waals surface area contributed by atoms with Crippen molar-refractivity contribution >= 4 is 5.91 Å². The van der Waals surface area contributed by atoms with Gasteiger partial charge < -0.3 is 14.8 Å². The van der Waals surface area contributed by atoms with Gasteiger partial charge in [0, 0.05) is 23.7 Å². The zero-order chi connectivity index (χ0) is 22.4. The Balaban J connectivity index is 1.71. The molecule has 0 bridgehead atoms. The quantitative estimate of drug-likeness (QED) is 0.619. The van der Waals surface area contributed by atoms with Crippen LogP contribution in [0.3, 0.4) is 0 Å². The summed E-state index contributed by atoms with van der Waals surface area (Å²) in [5, 5.41) is 6.67. The van der Waals surface area contributed by atoms with E-state index in [0.29, 0.717) is 17.0 Å². The minimum atomic E-state index is -4.85. The third-order valence-corrected chi connectivity index (χ3v) is 4.20. The molecule has 1 aromatic heterocycles. The molecule has 0 aliphatic heterocycles. The van der Waals surface area contributed by atoms with Crippen molar-refractivity contribution in [3.05, 3.63) is 76.6 Å². The van der Waals surface area contributed by atoms with Crippen molar-refractivity contribution in [2.75, 3.05) is 7.11 Å². The highest BCUT2D eigenvalue weighted by molar-refractivity contribution is 5.75. The third kappa shape index (κ3) is 6.08. The Morgan fingerprint density at radius 3 is 2.61 bits per heavy atom. The monoisotopic (exact) mass is 433 g/mol. The maximum absolute atomic E-state index is 12.5. The first-order valence-electron chi connectivity index (χ1n) is 9.08. The van der Waals surface area contributed by atoms with Crippen LogP contribution in [0, 0.1) is 0 Å². The number of benzene rings is 2. The van der Waals surface area contributed by atoms with E-state index in [1.54, 1.807) is 24.3 Å². The van der Waals surface area contributed by atoms with Gasteiger partial charge in [-0.1, -0.05) is 30.3 Å². The molecule has 1 N–H and O–H groups in total. The van der Waals surface area contributed by atoms with Crippen LogP contribution in [0.5, 0.6) is 11.5 Å². The Bertz CT molecular complexity index is 1130. The summed E-state index contributed by atoms with van der Waals surface area (Å²) in [5.41, 5.74) is 0.781. The van der Waals surface area contributed by atoms with Crippen molar-refractivity contribution in [1.82, 2.24) is 15.1 Å². The van der Waals surface area contributed by atoms with Crippen molar-refractivity contribution in [3.8, 4) is 22.8 Å². The smallest absolute Gasteiger partial charge is 0.497 e. The third-order valence-electron chi connectivity index (χ3n) is 4.20. The van der Waals surface area contributed by atoms with Crippen LogP contribution in [0.25, 0.3) is 11.3 Å². The SMILES string of the molecule is COc1cccc(-c2ccc(=O)n(CC(=O)NCc3ccccc3OC(F)(F)F)n2)c1. The fourth-order valence-corrected chi connectivity index (χ4v) is 2.76. The normalized spacial score (nSPS) is 11.1. The molecule has 0 spiro atoms. The van der Waals surface area contributed by atoms with E-state index in [9.17, 15) is 22.8 Å². The number of carbonyl (C=O) groups is 1. The number of ether oxygens (including phenoxy) is 2. The van der Waals surface area contributed by atoms with Crippen LogP contribution in [0.1, 0.15) is 5.56 Å². The molecule has 0 fully saturated rings. The van der Waals surface area contributed by atoms with Gasteiger partial charge in [0.25, 0.3) is 5.56 Å². The maximum atomic E-state index is 12.5. The van der Waals surface area contributed by atoms with Gasteiger partial charge in [0.2, 0.25) is 5.91 Å². The predicted molar refractivity (Wildman–Crippen MR) is 105 cm³/mol. The fourth-order valence-electron chi connectivity index (χ4n) is 2.76. The lowest BCUT2D eigenvalue weighted by atomic mass is 10.1. The summed E-state index contributed by atoms with van der Waals surface area (Å²) in [6, 6.07) is 15.3. The summed E-state index contributed by atoms with van der Waals surface area (Å²) in [6.45, 7) is -0.617. The van der Waals surface area contributed by atoms with Crippen LogP contribution >= 0.6 is 0 Å². The zero-order valence-electron chi connectivity index (χ0n) is 16.3. The summed E-state index contributed by atoms with van der Waals surface area (Å²) in [4.78, 5) is 24.4. The number of hydrogen-bond donors (Lipinski definition) is 1. The van der Waals surface area contributed by atoms with Crippen molar-refractivity contribution in [2.24, 2.45) is 0 Å². The number of hydrogen-bond acceptors (Lipinski definition) is 5. The first kappa shape index (κ1) is 21.9. The van der Waals surface area contributed by atoms with E-state index in [1.165, 1.54) is 37.4 Å². The molecule has 0 saturated carbocycles. The average molecular weight is 433 g/mol. The Labute approximate surface area is 175 Å². The second-order valence-corrected chi connectivity index (χ2v) is 6.38. The number of amides is 1. The van der Waals surface area contributed by atoms with Crippen LogP contribution < -0.4 is 20.3 Å². The largest absolute Gasteiger partial charge is 0.573 e. The molecule has 1 amide bonds. The maximum Gasteiger partial charge on any atom is 0.573 e. The Kier molecular flexibility index (Phi) is 6.58. The average Bonchev–Trinajstić information content (AvgIpc) is 2.73. The summed E-state index contributed by atoms with van der Waals surface area (Å²) in [5.74, 6) is -0.403. The number of rotatable bonds is 7. The van der Waals surface area contributed by atoms with Gasteiger partial charge in [-0.2, -0.15) is 5.10 Å². The number of para-hydroxylation sites is 1. The topological polar surface area (TPSA) is 82.5 Å². The van der Waals surface area contributed by atoms with Gasteiger partial charge in [-0.05, 0) is 24.3 Å². The van der Waals surface area contributed by atoms with Gasteiger partial charge in [-0.15, -0.1) is 13.2 Å². The molecule has 0 aliphatic carbocycles. The van der Waals surface area contributed by atoms with Crippen LogP contribution in [0.4, 0.5) is 13.2 Å². The number of nitrogens with one attached hydrogen (secondary N) is 1. The van der Waals surface area contributed by atoms with E-state index in [4.69, 9.17) is 4.74 Å². The van der Waals surface area contributed by atoms with Crippen molar-refractivity contribution in [3.63, 3.8) is 0 Å². The summed E-state index contributed by atoms with van der Waals surface area (Å²) in [7, 11) is 1.52. The van der Waals surface area contributed by atoms with Crippen LogP contribution in [0.2, 0.25) is 0 Å². The molecule has 0 radical (unpaired) electrons. The predicted octanol–water partition coefficient (Wildman–Crippen LogP) is 3.13. The van der Waals surface area contributed by atoms with Crippen molar-refractivity contribution in [1.29, 1.82) is 0 Å². The summed E-state index contributed by atoms with van der Waals surface area (Å²) < 4.78 is 47.6. The fraction of sp³-hybridized carbons (Fsp3) is 0.190. The van der Waals surface area contributed by atoms with Gasteiger partial charge in [-0.25, -0.2) is 4.68 Å². The molecule has 2 aromatic carbocycles. The van der Waals surface area contributed by atoms with Gasteiger partial charge in [0.05, 0.1) is 12.8 Å². The molecule has 0 atom stereocenters. The number of carbonyl (C=O) groups excluding carboxylic acids is 1. The minimum Gasteiger partial charge on any atom is -0.497 e. The second kappa shape index (κ2) is 9.33. The minimum absolute atomic E-state index is 0.138. The Morgan fingerprint density at radius 2 is 1.87 bits per heavy atom. The summed E-state index contributed by atoms with van der Waals surface area (Å²) >= 11 is 0. The molecule has 1 heterocycles. The number of halogens is 3. The molecule has 7 nitrogen and oxygen atoms in total. The van der Waals surface area contributed by atoms with Crippen LogP contribution in [-0.4, -0.2) is 29.2 Å². The molecular formula is C21H18F3N3O4. The standard InChI is InChI=1S/C21H18F3N3O4/c1-30-16-7-4-6-14(11-16)17-9-10-20(29)27(26-17)13-19(28)25-12-15-5-2-3-8-18(15)31-21(22,23)24/h2-11H,12-13H2,1H3,(H,25,28). The molecule has 0 saturated heterocycles. The van der Waals surface area contributed by atoms with Crippen molar-refractivity contribution < 1.29 is 27.4 Å². The van der Waals surface area contributed by atoms with Gasteiger partial charge in [0.15, 0.2) is 0 Å². The zero-order valence-corrected chi connectivity index (χ0v) is 16.3. The number of alkyl halides is 3. The van der Waals surface area contributed by atoms with Gasteiger partial charge >= 0.3 is 6.36 Å². The van der Waals surface area contributed by atoms with Crippen LogP contribution in [0.15, 0.2) is 65.5 Å². The molecular weight excluding hydrogens is 415 g/mol. The van der Waals surface area contributed by atoms with E-state index in [2.05, 4.69) is 15.2 Å². The van der Waals surface area contributed by atoms with Crippen molar-refractivity contribution in [2.45, 2.75) is 19.5 Å². The first-order chi connectivity index (χ1) is 14.7. The molecule has 3 rings (SSSR count). The molecule has 162 valence electrons. The number of nitrogens with zero attached hydrogens (tertiary/aromatic N) is 2. The van der Waals surface area contributed by atoms with E-state index in [1.807, 2.05) is 0 Å². The molecule has 10 heteroatoms. The molecule has 0 aliphatic rings. The molecule has 31 heavy (non-hydrogen) atoms. The summed E-state index contributed by atoms with van der Waals surface area (Å²) in [6.07, 6.45) is -4.85. The van der Waals surface area contributed by atoms with E-state index in [-0.39, 0.29) is 12.1 Å². The van der Waals surface area contributed by atoms with Crippen LogP contribution in [-0.2, 0) is 17.9 Å². The number of aromatic nitrogens is 2. The van der Waals surface area contributed by atoms with E-state index < -0.39 is 30.1 Å². The van der Waals surface area contributed by atoms with Gasteiger partial charge in [-0.3, -0.25) is 9.59 Å². The Hall–Kier alpha value is -3.82.